The summed E-state index contributed by atoms with van der Waals surface area (Å²) in [6, 6.07) is 0. The molecule has 4 rings (SSSR count). The lowest BCUT2D eigenvalue weighted by molar-refractivity contribution is -0.0767. The van der Waals surface area contributed by atoms with Crippen molar-refractivity contribution in [1.82, 2.24) is 0 Å². The van der Waals surface area contributed by atoms with Gasteiger partial charge in [0.2, 0.25) is 0 Å². The van der Waals surface area contributed by atoms with E-state index in [0.29, 0.717) is 28.6 Å². The molecule has 0 amide bonds. The fourth-order valence-corrected chi connectivity index (χ4v) is 9.13. The van der Waals surface area contributed by atoms with Gasteiger partial charge in [-0.3, -0.25) is 0 Å². The summed E-state index contributed by atoms with van der Waals surface area (Å²) in [4.78, 5) is 0. The van der Waals surface area contributed by atoms with E-state index >= 15 is 0 Å². The monoisotopic (exact) mass is 426 g/mol. The average molecular weight is 427 g/mol. The molecule has 3 fully saturated rings. The molecule has 1 unspecified atom stereocenters. The second kappa shape index (κ2) is 8.66. The first-order chi connectivity index (χ1) is 14.6. The van der Waals surface area contributed by atoms with E-state index in [0.717, 1.165) is 36.0 Å². The number of allylic oxidation sites excluding steroid dienone is 4. The van der Waals surface area contributed by atoms with Crippen LogP contribution in [0.5, 0.6) is 0 Å². The molecule has 31 heavy (non-hydrogen) atoms. The lowest BCUT2D eigenvalue weighted by Crippen LogP contribution is -2.52. The van der Waals surface area contributed by atoms with Gasteiger partial charge in [-0.25, -0.2) is 0 Å². The second-order valence-electron chi connectivity index (χ2n) is 12.9. The van der Waals surface area contributed by atoms with Crippen LogP contribution in [-0.2, 0) is 0 Å². The Hall–Kier alpha value is -0.560. The molecule has 0 spiro atoms. The third kappa shape index (κ3) is 3.79. The smallest absolute Gasteiger partial charge is 0.0568 e. The highest BCUT2D eigenvalue weighted by Crippen LogP contribution is 2.67. The third-order valence-electron chi connectivity index (χ3n) is 11.3. The lowest BCUT2D eigenvalue weighted by atomic mass is 9.46. The van der Waals surface area contributed by atoms with Crippen LogP contribution in [0.2, 0.25) is 0 Å². The first-order valence-corrected chi connectivity index (χ1v) is 13.7. The van der Waals surface area contributed by atoms with E-state index in [9.17, 15) is 5.11 Å². The van der Waals surface area contributed by atoms with Crippen LogP contribution in [-0.4, -0.2) is 11.2 Å². The maximum Gasteiger partial charge on any atom is 0.0568 e. The van der Waals surface area contributed by atoms with Crippen LogP contribution in [0, 0.1) is 58.2 Å². The van der Waals surface area contributed by atoms with Crippen molar-refractivity contribution in [3.8, 4) is 0 Å². The van der Waals surface area contributed by atoms with E-state index in [1.807, 2.05) is 5.57 Å². The molecule has 3 saturated carbocycles. The zero-order chi connectivity index (χ0) is 22.6. The Morgan fingerprint density at radius 1 is 1.00 bits per heavy atom. The van der Waals surface area contributed by atoms with Crippen molar-refractivity contribution in [3.63, 3.8) is 0 Å². The van der Waals surface area contributed by atoms with Crippen LogP contribution in [0.15, 0.2) is 23.8 Å². The Bertz CT molecular complexity index is 703. The zero-order valence-corrected chi connectivity index (χ0v) is 21.5. The minimum absolute atomic E-state index is 0.0804. The Morgan fingerprint density at radius 2 is 1.68 bits per heavy atom. The minimum Gasteiger partial charge on any atom is -0.393 e. The van der Waals surface area contributed by atoms with Crippen LogP contribution >= 0.6 is 0 Å². The quantitative estimate of drug-likeness (QED) is 0.441. The molecule has 1 heteroatoms. The SMILES string of the molecule is CCC(C=C[C@@H](C)[C@H]1CC[C@H]2C3=CC[C@H]4[C@H](C)[C@@H](O)CC[C@]4(C)[C@H]3CC[C@]12C)C(C)C. The summed E-state index contributed by atoms with van der Waals surface area (Å²) in [5.41, 5.74) is 2.75. The normalized spacial score (nSPS) is 46.9. The summed E-state index contributed by atoms with van der Waals surface area (Å²) in [7, 11) is 0. The van der Waals surface area contributed by atoms with Crippen LogP contribution in [0.1, 0.15) is 99.8 Å². The number of hydrogen-bond acceptors (Lipinski definition) is 1. The highest BCUT2D eigenvalue weighted by molar-refractivity contribution is 5.28. The number of aliphatic hydroxyl groups excluding tert-OH is 1. The standard InChI is InChI=1S/C30H50O/c1-8-22(19(2)3)10-9-20(4)24-13-14-26-23-11-12-25-21(5)28(31)16-18-30(25,7)27(23)15-17-29(24,26)6/h9-11,19-22,24-28,31H,8,12-18H2,1-7H3/t20-,21+,22?,24-,25+,26+,27+,28+,29-,30+/m1/s1. The van der Waals surface area contributed by atoms with Crippen LogP contribution < -0.4 is 0 Å². The predicted molar refractivity (Wildman–Crippen MR) is 133 cm³/mol. The Kier molecular flexibility index (Phi) is 6.59. The molecule has 0 aromatic carbocycles. The molecule has 1 nitrogen and oxygen atoms in total. The summed E-state index contributed by atoms with van der Waals surface area (Å²) in [5.74, 6) is 5.70. The van der Waals surface area contributed by atoms with Crippen molar-refractivity contribution in [2.24, 2.45) is 58.2 Å². The van der Waals surface area contributed by atoms with E-state index in [1.54, 1.807) is 0 Å². The van der Waals surface area contributed by atoms with Gasteiger partial charge in [0, 0.05) is 0 Å². The van der Waals surface area contributed by atoms with Gasteiger partial charge in [0.25, 0.3) is 0 Å². The first kappa shape index (κ1) is 23.6. The van der Waals surface area contributed by atoms with Crippen molar-refractivity contribution in [2.45, 2.75) is 106 Å². The molecule has 4 aliphatic rings. The molecule has 0 aliphatic heterocycles. The van der Waals surface area contributed by atoms with E-state index < -0.39 is 0 Å². The van der Waals surface area contributed by atoms with Crippen LogP contribution in [0.4, 0.5) is 0 Å². The Balaban J connectivity index is 1.55. The molecule has 0 heterocycles. The zero-order valence-electron chi connectivity index (χ0n) is 21.5. The fraction of sp³-hybridized carbons (Fsp3) is 0.867. The predicted octanol–water partition coefficient (Wildman–Crippen LogP) is 8.05. The summed E-state index contributed by atoms with van der Waals surface area (Å²) >= 11 is 0. The van der Waals surface area contributed by atoms with Crippen LogP contribution in [0.25, 0.3) is 0 Å². The van der Waals surface area contributed by atoms with E-state index in [2.05, 4.69) is 66.7 Å². The Labute approximate surface area is 193 Å². The molecule has 0 aromatic heterocycles. The molecule has 0 aromatic rings. The molecule has 10 atom stereocenters. The van der Waals surface area contributed by atoms with Gasteiger partial charge >= 0.3 is 0 Å². The van der Waals surface area contributed by atoms with E-state index in [-0.39, 0.29) is 6.10 Å². The van der Waals surface area contributed by atoms with E-state index in [4.69, 9.17) is 0 Å². The van der Waals surface area contributed by atoms with Gasteiger partial charge in [-0.05, 0) is 110 Å². The van der Waals surface area contributed by atoms with Gasteiger partial charge in [-0.1, -0.05) is 72.3 Å². The molecule has 1 N–H and O–H groups in total. The number of aliphatic hydroxyl groups is 1. The van der Waals surface area contributed by atoms with Gasteiger partial charge in [-0.2, -0.15) is 0 Å². The molecule has 0 bridgehead atoms. The van der Waals surface area contributed by atoms with Crippen molar-refractivity contribution in [1.29, 1.82) is 0 Å². The Morgan fingerprint density at radius 3 is 2.35 bits per heavy atom. The molecule has 0 saturated heterocycles. The summed E-state index contributed by atoms with van der Waals surface area (Å²) in [5, 5.41) is 10.5. The first-order valence-electron chi connectivity index (χ1n) is 13.7. The van der Waals surface area contributed by atoms with Gasteiger partial charge in [0.1, 0.15) is 0 Å². The highest BCUT2D eigenvalue weighted by Gasteiger charge is 2.58. The number of fused-ring (bicyclic) bond motifs is 5. The van der Waals surface area contributed by atoms with Crippen molar-refractivity contribution in [2.75, 3.05) is 0 Å². The summed E-state index contributed by atoms with van der Waals surface area (Å²) in [6.07, 6.45) is 18.1. The largest absolute Gasteiger partial charge is 0.393 e. The van der Waals surface area contributed by atoms with Gasteiger partial charge in [0.15, 0.2) is 0 Å². The van der Waals surface area contributed by atoms with Gasteiger partial charge in [0.05, 0.1) is 6.10 Å². The average Bonchev–Trinajstić information content (AvgIpc) is 3.08. The highest BCUT2D eigenvalue weighted by atomic mass is 16.3. The molecule has 4 aliphatic carbocycles. The molecule has 0 radical (unpaired) electrons. The fourth-order valence-electron chi connectivity index (χ4n) is 9.13. The molecule has 176 valence electrons. The van der Waals surface area contributed by atoms with Crippen molar-refractivity contribution in [3.05, 3.63) is 23.8 Å². The van der Waals surface area contributed by atoms with Crippen molar-refractivity contribution < 1.29 is 5.11 Å². The second-order valence-corrected chi connectivity index (χ2v) is 12.9. The topological polar surface area (TPSA) is 20.2 Å². The number of rotatable bonds is 5. The third-order valence-corrected chi connectivity index (χ3v) is 11.3. The lowest BCUT2D eigenvalue weighted by Gasteiger charge is -2.59. The summed E-state index contributed by atoms with van der Waals surface area (Å²) < 4.78 is 0. The molecular formula is C30H50O. The maximum atomic E-state index is 10.5. The van der Waals surface area contributed by atoms with Gasteiger partial charge in [-0.15, -0.1) is 0 Å². The molecular weight excluding hydrogens is 376 g/mol. The minimum atomic E-state index is -0.0804. The van der Waals surface area contributed by atoms with Crippen molar-refractivity contribution >= 4 is 0 Å². The number of hydrogen-bond donors (Lipinski definition) is 1. The van der Waals surface area contributed by atoms with Crippen LogP contribution in [0.3, 0.4) is 0 Å². The van der Waals surface area contributed by atoms with Gasteiger partial charge < -0.3 is 5.11 Å². The maximum absolute atomic E-state index is 10.5. The summed E-state index contributed by atoms with van der Waals surface area (Å²) in [6.45, 7) is 17.1. The van der Waals surface area contributed by atoms with E-state index in [1.165, 1.54) is 44.9 Å².